The van der Waals surface area contributed by atoms with Crippen LogP contribution in [-0.4, -0.2) is 7.05 Å². The molecule has 1 aromatic carbocycles. The molecule has 20 heavy (non-hydrogen) atoms. The highest BCUT2D eigenvalue weighted by molar-refractivity contribution is 7.12. The van der Waals surface area contributed by atoms with Gasteiger partial charge < -0.3 is 5.32 Å². The minimum absolute atomic E-state index is 0.144. The third kappa shape index (κ3) is 3.37. The Bertz CT molecular complexity index is 599. The second-order valence-corrected chi connectivity index (χ2v) is 7.78. The molecule has 0 saturated heterocycles. The largest absolute Gasteiger partial charge is 0.309 e. The van der Waals surface area contributed by atoms with Gasteiger partial charge in [0.2, 0.25) is 0 Å². The zero-order valence-electron chi connectivity index (χ0n) is 12.1. The fourth-order valence-electron chi connectivity index (χ4n) is 2.08. The summed E-state index contributed by atoms with van der Waals surface area (Å²) in [6, 6.07) is 10.3. The molecule has 2 rings (SSSR count). The summed E-state index contributed by atoms with van der Waals surface area (Å²) >= 11 is 14.0. The zero-order chi connectivity index (χ0) is 14.9. The van der Waals surface area contributed by atoms with Crippen molar-refractivity contribution in [3.8, 4) is 0 Å². The molecule has 0 aliphatic carbocycles. The van der Waals surface area contributed by atoms with Crippen molar-refractivity contribution in [1.82, 2.24) is 5.32 Å². The van der Waals surface area contributed by atoms with Gasteiger partial charge in [0.05, 0.1) is 16.1 Å². The summed E-state index contributed by atoms with van der Waals surface area (Å²) < 4.78 is 0. The molecule has 1 N–H and O–H groups in total. The van der Waals surface area contributed by atoms with E-state index in [9.17, 15) is 0 Å². The number of halogens is 2. The Morgan fingerprint density at radius 2 is 1.75 bits per heavy atom. The monoisotopic (exact) mass is 327 g/mol. The van der Waals surface area contributed by atoms with Crippen molar-refractivity contribution in [3.63, 3.8) is 0 Å². The summed E-state index contributed by atoms with van der Waals surface area (Å²) in [6.45, 7) is 6.70. The van der Waals surface area contributed by atoms with Crippen molar-refractivity contribution < 1.29 is 0 Å². The van der Waals surface area contributed by atoms with E-state index in [-0.39, 0.29) is 11.5 Å². The predicted octanol–water partition coefficient (Wildman–Crippen LogP) is 5.66. The average Bonchev–Trinajstić information content (AvgIpc) is 2.84. The summed E-state index contributed by atoms with van der Waals surface area (Å²) in [4.78, 5) is 2.67. The van der Waals surface area contributed by atoms with Crippen LogP contribution in [-0.2, 0) is 5.41 Å². The topological polar surface area (TPSA) is 12.0 Å². The maximum atomic E-state index is 6.12. The molecule has 0 bridgehead atoms. The van der Waals surface area contributed by atoms with Gasteiger partial charge in [0, 0.05) is 9.75 Å². The lowest BCUT2D eigenvalue weighted by atomic mass is 9.95. The minimum Gasteiger partial charge on any atom is -0.309 e. The highest BCUT2D eigenvalue weighted by atomic mass is 35.5. The standard InChI is InChI=1S/C16H19Cl2NS/c1-16(2,3)14-8-7-13(20-14)15(19-4)10-5-6-11(17)12(18)9-10/h5-9,15,19H,1-4H3. The number of benzene rings is 1. The molecule has 0 aliphatic rings. The Labute approximate surface area is 134 Å². The average molecular weight is 328 g/mol. The third-order valence-corrected chi connectivity index (χ3v) is 5.53. The first-order valence-corrected chi connectivity index (χ1v) is 8.12. The first kappa shape index (κ1) is 15.8. The summed E-state index contributed by atoms with van der Waals surface area (Å²) in [6.07, 6.45) is 0. The van der Waals surface area contributed by atoms with E-state index >= 15 is 0 Å². The first-order valence-electron chi connectivity index (χ1n) is 6.55. The lowest BCUT2D eigenvalue weighted by Gasteiger charge is -2.18. The molecule has 0 saturated carbocycles. The van der Waals surface area contributed by atoms with Crippen molar-refractivity contribution >= 4 is 34.5 Å². The van der Waals surface area contributed by atoms with E-state index in [1.165, 1.54) is 9.75 Å². The van der Waals surface area contributed by atoms with E-state index in [4.69, 9.17) is 23.2 Å². The molecule has 1 nitrogen and oxygen atoms in total. The second kappa shape index (κ2) is 6.07. The predicted molar refractivity (Wildman–Crippen MR) is 90.4 cm³/mol. The van der Waals surface area contributed by atoms with Gasteiger partial charge in [-0.1, -0.05) is 50.0 Å². The second-order valence-electron chi connectivity index (χ2n) is 5.85. The van der Waals surface area contributed by atoms with Crippen LogP contribution in [0, 0.1) is 0 Å². The molecule has 108 valence electrons. The lowest BCUT2D eigenvalue weighted by Crippen LogP contribution is -2.16. The molecule has 0 amide bonds. The summed E-state index contributed by atoms with van der Waals surface area (Å²) in [5.41, 5.74) is 1.31. The van der Waals surface area contributed by atoms with Gasteiger partial charge in [0.1, 0.15) is 0 Å². The van der Waals surface area contributed by atoms with Crippen molar-refractivity contribution in [2.75, 3.05) is 7.05 Å². The van der Waals surface area contributed by atoms with E-state index in [0.29, 0.717) is 10.0 Å². The Morgan fingerprint density at radius 3 is 2.25 bits per heavy atom. The van der Waals surface area contributed by atoms with E-state index in [2.05, 4.69) is 38.2 Å². The molecule has 1 heterocycles. The number of nitrogens with one attached hydrogen (secondary N) is 1. The molecule has 2 aromatic rings. The maximum Gasteiger partial charge on any atom is 0.0669 e. The van der Waals surface area contributed by atoms with Gasteiger partial charge in [-0.15, -0.1) is 11.3 Å². The van der Waals surface area contributed by atoms with Gasteiger partial charge in [0.25, 0.3) is 0 Å². The fraction of sp³-hybridized carbons (Fsp3) is 0.375. The molecule has 1 aromatic heterocycles. The van der Waals surface area contributed by atoms with Crippen LogP contribution in [0.2, 0.25) is 10.0 Å². The molecule has 0 aliphatic heterocycles. The van der Waals surface area contributed by atoms with Crippen molar-refractivity contribution in [1.29, 1.82) is 0 Å². The van der Waals surface area contributed by atoms with Crippen LogP contribution in [0.5, 0.6) is 0 Å². The maximum absolute atomic E-state index is 6.12. The SMILES string of the molecule is CNC(c1ccc(Cl)c(Cl)c1)c1ccc(C(C)(C)C)s1. The Kier molecular flexibility index (Phi) is 4.80. The van der Waals surface area contributed by atoms with Gasteiger partial charge >= 0.3 is 0 Å². The first-order chi connectivity index (χ1) is 9.32. The molecule has 0 fully saturated rings. The molecule has 1 atom stereocenters. The third-order valence-electron chi connectivity index (χ3n) is 3.22. The fourth-order valence-corrected chi connectivity index (χ4v) is 3.59. The molecule has 1 unspecified atom stereocenters. The van der Waals surface area contributed by atoms with E-state index in [0.717, 1.165) is 5.56 Å². The van der Waals surface area contributed by atoms with Gasteiger partial charge in [-0.05, 0) is 42.3 Å². The van der Waals surface area contributed by atoms with Crippen LogP contribution in [0.25, 0.3) is 0 Å². The molecular weight excluding hydrogens is 309 g/mol. The van der Waals surface area contributed by atoms with Crippen LogP contribution >= 0.6 is 34.5 Å². The Balaban J connectivity index is 2.37. The number of thiophene rings is 1. The Hall–Kier alpha value is -0.540. The minimum atomic E-state index is 0.144. The Morgan fingerprint density at radius 1 is 1.05 bits per heavy atom. The van der Waals surface area contributed by atoms with Crippen molar-refractivity contribution in [2.45, 2.75) is 32.2 Å². The quantitative estimate of drug-likeness (QED) is 0.766. The van der Waals surface area contributed by atoms with Crippen LogP contribution in [0.1, 0.15) is 42.1 Å². The molecule has 4 heteroatoms. The zero-order valence-corrected chi connectivity index (χ0v) is 14.5. The van der Waals surface area contributed by atoms with Gasteiger partial charge in [-0.2, -0.15) is 0 Å². The lowest BCUT2D eigenvalue weighted by molar-refractivity contribution is 0.604. The summed E-state index contributed by atoms with van der Waals surface area (Å²) in [5, 5.41) is 4.54. The smallest absolute Gasteiger partial charge is 0.0669 e. The van der Waals surface area contributed by atoms with E-state index in [1.54, 1.807) is 0 Å². The summed E-state index contributed by atoms with van der Waals surface area (Å²) in [7, 11) is 1.96. The van der Waals surface area contributed by atoms with Crippen LogP contribution in [0.15, 0.2) is 30.3 Å². The highest BCUT2D eigenvalue weighted by Crippen LogP contribution is 2.35. The van der Waals surface area contributed by atoms with Crippen LogP contribution in [0.4, 0.5) is 0 Å². The van der Waals surface area contributed by atoms with Gasteiger partial charge in [-0.3, -0.25) is 0 Å². The number of hydrogen-bond donors (Lipinski definition) is 1. The van der Waals surface area contributed by atoms with E-state index < -0.39 is 0 Å². The van der Waals surface area contributed by atoms with Crippen molar-refractivity contribution in [2.24, 2.45) is 0 Å². The number of rotatable bonds is 3. The normalized spacial score (nSPS) is 13.5. The van der Waals surface area contributed by atoms with Gasteiger partial charge in [-0.25, -0.2) is 0 Å². The van der Waals surface area contributed by atoms with Crippen molar-refractivity contribution in [3.05, 3.63) is 55.7 Å². The van der Waals surface area contributed by atoms with Crippen LogP contribution in [0.3, 0.4) is 0 Å². The van der Waals surface area contributed by atoms with Gasteiger partial charge in [0.15, 0.2) is 0 Å². The molecular formula is C16H19Cl2NS. The summed E-state index contributed by atoms with van der Waals surface area (Å²) in [5.74, 6) is 0. The number of hydrogen-bond acceptors (Lipinski definition) is 2. The molecule has 0 spiro atoms. The molecule has 0 radical (unpaired) electrons. The van der Waals surface area contributed by atoms with Crippen LogP contribution < -0.4 is 5.32 Å². The van der Waals surface area contributed by atoms with E-state index in [1.807, 2.05) is 36.6 Å². The highest BCUT2D eigenvalue weighted by Gasteiger charge is 2.20.